The second-order valence-corrected chi connectivity index (χ2v) is 6.17. The number of carbonyl (C=O) groups excluding carboxylic acids is 1. The summed E-state index contributed by atoms with van der Waals surface area (Å²) in [6, 6.07) is 5.79. The summed E-state index contributed by atoms with van der Waals surface area (Å²) in [7, 11) is 0. The van der Waals surface area contributed by atoms with Gasteiger partial charge in [-0.2, -0.15) is 0 Å². The second kappa shape index (κ2) is 7.20. The molecular formula is C16H22FNO3. The van der Waals surface area contributed by atoms with Crippen molar-refractivity contribution in [2.45, 2.75) is 46.1 Å². The molecule has 0 bridgehead atoms. The normalized spacial score (nSPS) is 12.8. The molecule has 0 aliphatic rings. The van der Waals surface area contributed by atoms with E-state index in [2.05, 4.69) is 5.32 Å². The molecule has 2 N–H and O–H groups in total. The van der Waals surface area contributed by atoms with Crippen LogP contribution in [0.15, 0.2) is 24.3 Å². The van der Waals surface area contributed by atoms with Gasteiger partial charge in [0.2, 0.25) is 5.91 Å². The lowest BCUT2D eigenvalue weighted by atomic mass is 9.82. The van der Waals surface area contributed by atoms with E-state index in [1.165, 1.54) is 12.1 Å². The van der Waals surface area contributed by atoms with Gasteiger partial charge >= 0.3 is 5.97 Å². The van der Waals surface area contributed by atoms with Crippen molar-refractivity contribution in [3.63, 3.8) is 0 Å². The Balaban J connectivity index is 2.73. The standard InChI is InChI=1S/C16H22FNO3/c1-16(2,3)15(11-7-9-12(17)10-8-11)18-13(19)5-4-6-14(20)21/h7-10,15H,4-6H2,1-3H3,(H,18,19)(H,20,21). The summed E-state index contributed by atoms with van der Waals surface area (Å²) in [5, 5.41) is 11.5. The molecule has 0 fully saturated rings. The van der Waals surface area contributed by atoms with Gasteiger partial charge < -0.3 is 10.4 Å². The van der Waals surface area contributed by atoms with Gasteiger partial charge in [0.25, 0.3) is 0 Å². The lowest BCUT2D eigenvalue weighted by molar-refractivity contribution is -0.137. The van der Waals surface area contributed by atoms with Gasteiger partial charge in [-0.25, -0.2) is 4.39 Å². The minimum absolute atomic E-state index is 0.0237. The fourth-order valence-corrected chi connectivity index (χ4v) is 2.09. The molecule has 116 valence electrons. The van der Waals surface area contributed by atoms with Crippen molar-refractivity contribution in [3.05, 3.63) is 35.6 Å². The molecule has 0 heterocycles. The number of benzene rings is 1. The number of amides is 1. The number of nitrogens with one attached hydrogen (secondary N) is 1. The maximum atomic E-state index is 13.0. The highest BCUT2D eigenvalue weighted by Crippen LogP contribution is 2.32. The van der Waals surface area contributed by atoms with Gasteiger partial charge in [0.1, 0.15) is 5.82 Å². The lowest BCUT2D eigenvalue weighted by Gasteiger charge is -2.32. The van der Waals surface area contributed by atoms with E-state index in [4.69, 9.17) is 5.11 Å². The van der Waals surface area contributed by atoms with Crippen LogP contribution in [-0.2, 0) is 9.59 Å². The largest absolute Gasteiger partial charge is 0.481 e. The fourth-order valence-electron chi connectivity index (χ4n) is 2.09. The molecule has 0 aliphatic carbocycles. The van der Waals surface area contributed by atoms with Crippen LogP contribution in [0.5, 0.6) is 0 Å². The van der Waals surface area contributed by atoms with Gasteiger partial charge in [-0.1, -0.05) is 32.9 Å². The predicted molar refractivity (Wildman–Crippen MR) is 78.2 cm³/mol. The molecule has 0 saturated carbocycles. The van der Waals surface area contributed by atoms with Crippen LogP contribution in [0, 0.1) is 11.2 Å². The van der Waals surface area contributed by atoms with Crippen LogP contribution in [0.1, 0.15) is 51.6 Å². The number of carbonyl (C=O) groups is 2. The molecular weight excluding hydrogens is 273 g/mol. The third-order valence-corrected chi connectivity index (χ3v) is 3.17. The van der Waals surface area contributed by atoms with Crippen LogP contribution in [0.3, 0.4) is 0 Å². The molecule has 0 saturated heterocycles. The highest BCUT2D eigenvalue weighted by atomic mass is 19.1. The Morgan fingerprint density at radius 2 is 1.76 bits per heavy atom. The Kier molecular flexibility index (Phi) is 5.88. The minimum atomic E-state index is -0.909. The predicted octanol–water partition coefficient (Wildman–Crippen LogP) is 3.28. The molecule has 1 unspecified atom stereocenters. The first-order chi connectivity index (χ1) is 9.70. The summed E-state index contributed by atoms with van der Waals surface area (Å²) in [5.41, 5.74) is 0.593. The van der Waals surface area contributed by atoms with E-state index in [1.54, 1.807) is 12.1 Å². The van der Waals surface area contributed by atoms with E-state index >= 15 is 0 Å². The Morgan fingerprint density at radius 1 is 1.19 bits per heavy atom. The molecule has 0 spiro atoms. The SMILES string of the molecule is CC(C)(C)C(NC(=O)CCCC(=O)O)c1ccc(F)cc1. The maximum absolute atomic E-state index is 13.0. The van der Waals surface area contributed by atoms with Crippen LogP contribution in [0.4, 0.5) is 4.39 Å². The number of hydrogen-bond donors (Lipinski definition) is 2. The smallest absolute Gasteiger partial charge is 0.303 e. The fraction of sp³-hybridized carbons (Fsp3) is 0.500. The van der Waals surface area contributed by atoms with Crippen molar-refractivity contribution in [1.82, 2.24) is 5.32 Å². The summed E-state index contributed by atoms with van der Waals surface area (Å²) in [4.78, 5) is 22.4. The number of rotatable bonds is 6. The quantitative estimate of drug-likeness (QED) is 0.846. The molecule has 21 heavy (non-hydrogen) atoms. The average Bonchev–Trinajstić information content (AvgIpc) is 2.35. The third-order valence-electron chi connectivity index (χ3n) is 3.17. The second-order valence-electron chi connectivity index (χ2n) is 6.17. The van der Waals surface area contributed by atoms with Gasteiger partial charge in [0.05, 0.1) is 6.04 Å². The first-order valence-electron chi connectivity index (χ1n) is 6.97. The molecule has 1 aromatic carbocycles. The van der Waals surface area contributed by atoms with Crippen molar-refractivity contribution in [2.75, 3.05) is 0 Å². The van der Waals surface area contributed by atoms with Crippen LogP contribution in [0.2, 0.25) is 0 Å². The molecule has 5 heteroatoms. The number of aliphatic carboxylic acids is 1. The van der Waals surface area contributed by atoms with E-state index in [0.717, 1.165) is 5.56 Å². The van der Waals surface area contributed by atoms with Crippen LogP contribution in [-0.4, -0.2) is 17.0 Å². The lowest BCUT2D eigenvalue weighted by Crippen LogP contribution is -2.36. The summed E-state index contributed by atoms with van der Waals surface area (Å²) >= 11 is 0. The molecule has 1 aromatic rings. The summed E-state index contributed by atoms with van der Waals surface area (Å²) in [5.74, 6) is -1.42. The molecule has 1 amide bonds. The van der Waals surface area contributed by atoms with Crippen molar-refractivity contribution >= 4 is 11.9 Å². The Labute approximate surface area is 124 Å². The highest BCUT2D eigenvalue weighted by molar-refractivity contribution is 5.77. The van der Waals surface area contributed by atoms with E-state index in [1.807, 2.05) is 20.8 Å². The highest BCUT2D eigenvalue weighted by Gasteiger charge is 2.27. The van der Waals surface area contributed by atoms with Crippen molar-refractivity contribution in [2.24, 2.45) is 5.41 Å². The summed E-state index contributed by atoms with van der Waals surface area (Å²) in [6.07, 6.45) is 0.450. The van der Waals surface area contributed by atoms with Gasteiger partial charge in [0, 0.05) is 12.8 Å². The molecule has 1 atom stereocenters. The van der Waals surface area contributed by atoms with E-state index in [9.17, 15) is 14.0 Å². The Bertz CT molecular complexity index is 491. The number of halogens is 1. The molecule has 1 rings (SSSR count). The zero-order chi connectivity index (χ0) is 16.0. The van der Waals surface area contributed by atoms with Crippen LogP contribution >= 0.6 is 0 Å². The summed E-state index contributed by atoms with van der Waals surface area (Å²) < 4.78 is 13.0. The summed E-state index contributed by atoms with van der Waals surface area (Å²) in [6.45, 7) is 5.95. The zero-order valence-corrected chi connectivity index (χ0v) is 12.6. The van der Waals surface area contributed by atoms with E-state index in [-0.39, 0.29) is 36.0 Å². The maximum Gasteiger partial charge on any atom is 0.303 e. The third kappa shape index (κ3) is 5.94. The Hall–Kier alpha value is -1.91. The monoisotopic (exact) mass is 295 g/mol. The number of carboxylic acid groups (broad SMARTS) is 1. The van der Waals surface area contributed by atoms with Gasteiger partial charge in [-0.05, 0) is 29.5 Å². The first-order valence-corrected chi connectivity index (χ1v) is 6.97. The van der Waals surface area contributed by atoms with Crippen LogP contribution in [0.25, 0.3) is 0 Å². The van der Waals surface area contributed by atoms with Crippen molar-refractivity contribution < 1.29 is 19.1 Å². The molecule has 0 aromatic heterocycles. The number of carboxylic acids is 1. The van der Waals surface area contributed by atoms with Gasteiger partial charge in [-0.15, -0.1) is 0 Å². The topological polar surface area (TPSA) is 66.4 Å². The Morgan fingerprint density at radius 3 is 2.24 bits per heavy atom. The minimum Gasteiger partial charge on any atom is -0.481 e. The van der Waals surface area contributed by atoms with E-state index in [0.29, 0.717) is 6.42 Å². The van der Waals surface area contributed by atoms with Gasteiger partial charge in [-0.3, -0.25) is 9.59 Å². The molecule has 4 nitrogen and oxygen atoms in total. The first kappa shape index (κ1) is 17.1. The van der Waals surface area contributed by atoms with E-state index < -0.39 is 5.97 Å². The molecule has 0 aliphatic heterocycles. The zero-order valence-electron chi connectivity index (χ0n) is 12.6. The van der Waals surface area contributed by atoms with Crippen molar-refractivity contribution in [3.8, 4) is 0 Å². The average molecular weight is 295 g/mol. The van der Waals surface area contributed by atoms with Crippen LogP contribution < -0.4 is 5.32 Å². The van der Waals surface area contributed by atoms with Crippen molar-refractivity contribution in [1.29, 1.82) is 0 Å². The number of hydrogen-bond acceptors (Lipinski definition) is 2. The molecule has 0 radical (unpaired) electrons. The van der Waals surface area contributed by atoms with Gasteiger partial charge in [0.15, 0.2) is 0 Å².